The summed E-state index contributed by atoms with van der Waals surface area (Å²) in [4.78, 5) is 17.7. The number of hydrogen-bond acceptors (Lipinski definition) is 8. The largest absolute Gasteiger partial charge is 0.497 e. The van der Waals surface area contributed by atoms with Crippen molar-refractivity contribution in [3.63, 3.8) is 0 Å². The first kappa shape index (κ1) is 22.1. The zero-order chi connectivity index (χ0) is 22.5. The van der Waals surface area contributed by atoms with Gasteiger partial charge in [-0.15, -0.1) is 10.2 Å². The third kappa shape index (κ3) is 4.86. The molecule has 1 aromatic carbocycles. The van der Waals surface area contributed by atoms with Crippen LogP contribution in [-0.2, 0) is 0 Å². The van der Waals surface area contributed by atoms with Crippen molar-refractivity contribution in [1.29, 1.82) is 0 Å². The number of methoxy groups -OCH3 is 2. The lowest BCUT2D eigenvalue weighted by atomic mass is 10.2. The van der Waals surface area contributed by atoms with Crippen LogP contribution in [0.4, 0.5) is 10.8 Å². The molecular formula is C22H28N6O3S. The number of ether oxygens (including phenoxy) is 2. The molecule has 0 atom stereocenters. The molecule has 2 aromatic heterocycles. The molecule has 32 heavy (non-hydrogen) atoms. The van der Waals surface area contributed by atoms with Crippen molar-refractivity contribution in [3.05, 3.63) is 42.2 Å². The lowest BCUT2D eigenvalue weighted by Gasteiger charge is -2.33. The summed E-state index contributed by atoms with van der Waals surface area (Å²) >= 11 is 1.49. The van der Waals surface area contributed by atoms with E-state index in [1.807, 2.05) is 12.3 Å². The molecule has 3 aromatic rings. The van der Waals surface area contributed by atoms with Crippen molar-refractivity contribution in [2.24, 2.45) is 0 Å². The quantitative estimate of drug-likeness (QED) is 0.557. The van der Waals surface area contributed by atoms with Gasteiger partial charge in [0.2, 0.25) is 10.3 Å². The molecule has 1 saturated heterocycles. The normalized spacial score (nSPS) is 14.4. The van der Waals surface area contributed by atoms with Crippen LogP contribution in [0.5, 0.6) is 11.5 Å². The van der Waals surface area contributed by atoms with Gasteiger partial charge in [0, 0.05) is 56.3 Å². The number of carbonyl (C=O) groups excluding carboxylic acids is 1. The highest BCUT2D eigenvalue weighted by atomic mass is 32.1. The Balaban J connectivity index is 1.48. The number of benzene rings is 1. The van der Waals surface area contributed by atoms with Gasteiger partial charge >= 0.3 is 0 Å². The van der Waals surface area contributed by atoms with Crippen LogP contribution >= 0.6 is 11.3 Å². The van der Waals surface area contributed by atoms with Gasteiger partial charge in [0.1, 0.15) is 17.2 Å². The van der Waals surface area contributed by atoms with Crippen molar-refractivity contribution in [1.82, 2.24) is 19.7 Å². The summed E-state index contributed by atoms with van der Waals surface area (Å²) in [5.41, 5.74) is 1.06. The molecule has 4 rings (SSSR count). The van der Waals surface area contributed by atoms with Gasteiger partial charge in [-0.1, -0.05) is 18.3 Å². The smallest absolute Gasteiger partial charge is 0.272 e. The SMILES string of the molecule is CCCN1CCN(c2nnc(-n3cccc3C(=O)Nc3cc(OC)cc(OC)c3)s2)CC1. The molecule has 0 radical (unpaired) electrons. The van der Waals surface area contributed by atoms with Crippen LogP contribution in [0.2, 0.25) is 0 Å². The number of amides is 1. The van der Waals surface area contributed by atoms with Gasteiger partial charge in [-0.2, -0.15) is 0 Å². The minimum absolute atomic E-state index is 0.254. The molecule has 0 unspecified atom stereocenters. The monoisotopic (exact) mass is 456 g/mol. The molecule has 0 saturated carbocycles. The Labute approximate surface area is 191 Å². The molecule has 1 aliphatic rings. The summed E-state index contributed by atoms with van der Waals surface area (Å²) in [7, 11) is 3.14. The molecule has 0 bridgehead atoms. The molecule has 170 valence electrons. The summed E-state index contributed by atoms with van der Waals surface area (Å²) in [6.07, 6.45) is 2.99. The second-order valence-corrected chi connectivity index (χ2v) is 8.45. The average molecular weight is 457 g/mol. The van der Waals surface area contributed by atoms with Gasteiger partial charge in [0.25, 0.3) is 5.91 Å². The third-order valence-corrected chi connectivity index (χ3v) is 6.37. The predicted molar refractivity (Wildman–Crippen MR) is 126 cm³/mol. The minimum atomic E-state index is -0.254. The molecule has 0 aliphatic carbocycles. The van der Waals surface area contributed by atoms with E-state index in [1.165, 1.54) is 17.8 Å². The highest BCUT2D eigenvalue weighted by Gasteiger charge is 2.21. The second kappa shape index (κ2) is 10.0. The summed E-state index contributed by atoms with van der Waals surface area (Å²) in [5, 5.41) is 13.2. The molecule has 3 heterocycles. The lowest BCUT2D eigenvalue weighted by molar-refractivity contribution is 0.102. The van der Waals surface area contributed by atoms with E-state index in [1.54, 1.807) is 43.1 Å². The maximum absolute atomic E-state index is 13.0. The number of piperazine rings is 1. The number of hydrogen-bond donors (Lipinski definition) is 1. The second-order valence-electron chi connectivity index (χ2n) is 7.51. The van der Waals surface area contributed by atoms with Crippen molar-refractivity contribution in [3.8, 4) is 16.6 Å². The molecule has 0 spiro atoms. The van der Waals surface area contributed by atoms with Crippen LogP contribution in [0.15, 0.2) is 36.5 Å². The van der Waals surface area contributed by atoms with Gasteiger partial charge in [-0.05, 0) is 25.1 Å². The molecule has 10 heteroatoms. The van der Waals surface area contributed by atoms with Crippen molar-refractivity contribution in [2.75, 3.05) is 57.2 Å². The fourth-order valence-electron chi connectivity index (χ4n) is 3.72. The molecule has 1 amide bonds. The number of carbonyl (C=O) groups is 1. The molecule has 9 nitrogen and oxygen atoms in total. The van der Waals surface area contributed by atoms with Crippen LogP contribution in [0, 0.1) is 0 Å². The Morgan fingerprint density at radius 1 is 1.06 bits per heavy atom. The van der Waals surface area contributed by atoms with Gasteiger partial charge in [0.05, 0.1) is 14.2 Å². The fourth-order valence-corrected chi connectivity index (χ4v) is 4.62. The van der Waals surface area contributed by atoms with E-state index < -0.39 is 0 Å². The van der Waals surface area contributed by atoms with Crippen molar-refractivity contribution < 1.29 is 14.3 Å². The Morgan fingerprint density at radius 2 is 1.75 bits per heavy atom. The maximum Gasteiger partial charge on any atom is 0.272 e. The number of nitrogens with one attached hydrogen (secondary N) is 1. The minimum Gasteiger partial charge on any atom is -0.497 e. The zero-order valence-electron chi connectivity index (χ0n) is 18.6. The molecule has 1 fully saturated rings. The van der Waals surface area contributed by atoms with Gasteiger partial charge in [-0.3, -0.25) is 14.3 Å². The average Bonchev–Trinajstić information content (AvgIpc) is 3.49. The first-order valence-corrected chi connectivity index (χ1v) is 11.5. The molecular weight excluding hydrogens is 428 g/mol. The van der Waals surface area contributed by atoms with E-state index in [0.717, 1.165) is 37.9 Å². The van der Waals surface area contributed by atoms with E-state index in [9.17, 15) is 4.79 Å². The van der Waals surface area contributed by atoms with E-state index in [-0.39, 0.29) is 5.91 Å². The summed E-state index contributed by atoms with van der Waals surface area (Å²) < 4.78 is 12.3. The topological polar surface area (TPSA) is 84.8 Å². The Hall–Kier alpha value is -3.11. The van der Waals surface area contributed by atoms with Gasteiger partial charge < -0.3 is 19.7 Å². The lowest BCUT2D eigenvalue weighted by Crippen LogP contribution is -2.46. The van der Waals surface area contributed by atoms with Crippen LogP contribution < -0.4 is 19.7 Å². The van der Waals surface area contributed by atoms with E-state index in [0.29, 0.717) is 28.0 Å². The van der Waals surface area contributed by atoms with Gasteiger partial charge in [-0.25, -0.2) is 0 Å². The standard InChI is InChI=1S/C22H28N6O3S/c1-4-7-26-9-11-27(12-10-26)21-24-25-22(32-21)28-8-5-6-19(28)20(29)23-16-13-17(30-2)15-18(14-16)31-3/h5-6,8,13-15H,4,7,9-12H2,1-3H3,(H,23,29). The van der Waals surface area contributed by atoms with E-state index >= 15 is 0 Å². The summed E-state index contributed by atoms with van der Waals surface area (Å²) in [6.45, 7) is 7.28. The molecule has 1 N–H and O–H groups in total. The van der Waals surface area contributed by atoms with Crippen molar-refractivity contribution in [2.45, 2.75) is 13.3 Å². The Bertz CT molecular complexity index is 1040. The van der Waals surface area contributed by atoms with Crippen molar-refractivity contribution >= 4 is 28.1 Å². The maximum atomic E-state index is 13.0. The Kier molecular flexibility index (Phi) is 6.91. The van der Waals surface area contributed by atoms with E-state index in [4.69, 9.17) is 9.47 Å². The number of nitrogens with zero attached hydrogens (tertiary/aromatic N) is 5. The van der Waals surface area contributed by atoms with Crippen LogP contribution in [-0.4, -0.2) is 72.5 Å². The third-order valence-electron chi connectivity index (χ3n) is 5.38. The van der Waals surface area contributed by atoms with Crippen LogP contribution in [0.3, 0.4) is 0 Å². The fraction of sp³-hybridized carbons (Fsp3) is 0.409. The Morgan fingerprint density at radius 3 is 2.41 bits per heavy atom. The highest BCUT2D eigenvalue weighted by molar-refractivity contribution is 7.17. The summed E-state index contributed by atoms with van der Waals surface area (Å²) in [5.74, 6) is 0.945. The molecule has 1 aliphatic heterocycles. The van der Waals surface area contributed by atoms with Crippen LogP contribution in [0.1, 0.15) is 23.8 Å². The first-order valence-electron chi connectivity index (χ1n) is 10.6. The van der Waals surface area contributed by atoms with Gasteiger partial charge in [0.15, 0.2) is 0 Å². The van der Waals surface area contributed by atoms with E-state index in [2.05, 4.69) is 32.2 Å². The number of aromatic nitrogens is 3. The van der Waals surface area contributed by atoms with Crippen LogP contribution in [0.25, 0.3) is 5.13 Å². The summed E-state index contributed by atoms with van der Waals surface area (Å²) in [6, 6.07) is 8.83. The number of rotatable bonds is 8. The first-order chi connectivity index (χ1) is 15.6. The highest BCUT2D eigenvalue weighted by Crippen LogP contribution is 2.28. The zero-order valence-corrected chi connectivity index (χ0v) is 19.4. The predicted octanol–water partition coefficient (Wildman–Crippen LogP) is 3.13. The number of anilines is 2.